The van der Waals surface area contributed by atoms with Crippen LogP contribution in [0.3, 0.4) is 0 Å². The van der Waals surface area contributed by atoms with Crippen LogP contribution in [0.25, 0.3) is 10.2 Å². The number of thiophene rings is 1. The summed E-state index contributed by atoms with van der Waals surface area (Å²) in [5.41, 5.74) is 3.38. The molecule has 1 N–H and O–H groups in total. The van der Waals surface area contributed by atoms with Crippen LogP contribution in [-0.2, 0) is 17.6 Å². The molecular formula is C19H19N3OS2. The van der Waals surface area contributed by atoms with Gasteiger partial charge in [-0.15, -0.1) is 11.3 Å². The molecular weight excluding hydrogens is 350 g/mol. The average molecular weight is 370 g/mol. The van der Waals surface area contributed by atoms with E-state index in [0.29, 0.717) is 5.75 Å². The second-order valence-electron chi connectivity index (χ2n) is 6.28. The van der Waals surface area contributed by atoms with Crippen molar-refractivity contribution in [1.29, 1.82) is 0 Å². The largest absolute Gasteiger partial charge is 0.325 e. The summed E-state index contributed by atoms with van der Waals surface area (Å²) < 4.78 is 0. The van der Waals surface area contributed by atoms with E-state index >= 15 is 0 Å². The van der Waals surface area contributed by atoms with E-state index in [2.05, 4.69) is 15.3 Å². The Morgan fingerprint density at radius 3 is 3.04 bits per heavy atom. The molecule has 0 radical (unpaired) electrons. The van der Waals surface area contributed by atoms with E-state index in [-0.39, 0.29) is 5.91 Å². The first-order chi connectivity index (χ1) is 12.2. The van der Waals surface area contributed by atoms with Gasteiger partial charge < -0.3 is 5.32 Å². The van der Waals surface area contributed by atoms with E-state index in [4.69, 9.17) is 0 Å². The second kappa shape index (κ2) is 7.14. The first-order valence-corrected chi connectivity index (χ1v) is 10.3. The minimum Gasteiger partial charge on any atom is -0.325 e. The summed E-state index contributed by atoms with van der Waals surface area (Å²) in [5.74, 6) is 0.344. The summed E-state index contributed by atoms with van der Waals surface area (Å²) in [6.45, 7) is 2.02. The molecule has 0 aliphatic heterocycles. The fraction of sp³-hybridized carbons (Fsp3) is 0.316. The zero-order valence-electron chi connectivity index (χ0n) is 14.0. The quantitative estimate of drug-likeness (QED) is 0.539. The van der Waals surface area contributed by atoms with E-state index < -0.39 is 0 Å². The predicted octanol–water partition coefficient (Wildman–Crippen LogP) is 4.61. The van der Waals surface area contributed by atoms with Crippen molar-refractivity contribution in [3.63, 3.8) is 0 Å². The first-order valence-electron chi connectivity index (χ1n) is 8.45. The molecule has 0 unspecified atom stereocenters. The topological polar surface area (TPSA) is 54.9 Å². The van der Waals surface area contributed by atoms with Gasteiger partial charge in [-0.1, -0.05) is 23.9 Å². The summed E-state index contributed by atoms with van der Waals surface area (Å²) >= 11 is 3.29. The van der Waals surface area contributed by atoms with Gasteiger partial charge in [-0.3, -0.25) is 4.79 Å². The van der Waals surface area contributed by atoms with Crippen LogP contribution in [0.5, 0.6) is 0 Å². The van der Waals surface area contributed by atoms with Crippen LogP contribution in [0.15, 0.2) is 35.6 Å². The molecule has 6 heteroatoms. The third kappa shape index (κ3) is 3.55. The van der Waals surface area contributed by atoms with Crippen LogP contribution < -0.4 is 5.32 Å². The van der Waals surface area contributed by atoms with Crippen molar-refractivity contribution in [3.05, 3.63) is 46.6 Å². The summed E-state index contributed by atoms with van der Waals surface area (Å²) in [6.07, 6.45) is 6.35. The van der Waals surface area contributed by atoms with E-state index in [1.165, 1.54) is 40.4 Å². The molecule has 0 fully saturated rings. The molecule has 3 aromatic rings. The van der Waals surface area contributed by atoms with Gasteiger partial charge in [0.15, 0.2) is 0 Å². The molecule has 0 saturated carbocycles. The Bertz CT molecular complexity index is 936. The highest BCUT2D eigenvalue weighted by Gasteiger charge is 2.20. The third-order valence-corrected chi connectivity index (χ3v) is 6.55. The number of thioether (sulfide) groups is 1. The van der Waals surface area contributed by atoms with Gasteiger partial charge >= 0.3 is 0 Å². The molecule has 4 rings (SSSR count). The number of aromatic nitrogens is 2. The van der Waals surface area contributed by atoms with Gasteiger partial charge in [0, 0.05) is 16.0 Å². The highest BCUT2D eigenvalue weighted by atomic mass is 32.2. The lowest BCUT2D eigenvalue weighted by atomic mass is 9.97. The monoisotopic (exact) mass is 369 g/mol. The van der Waals surface area contributed by atoms with Gasteiger partial charge in [0.05, 0.1) is 5.75 Å². The number of fused-ring (bicyclic) bond motifs is 3. The van der Waals surface area contributed by atoms with Gasteiger partial charge in [-0.05, 0) is 55.9 Å². The Morgan fingerprint density at radius 2 is 2.16 bits per heavy atom. The Balaban J connectivity index is 1.51. The predicted molar refractivity (Wildman–Crippen MR) is 105 cm³/mol. The lowest BCUT2D eigenvalue weighted by Gasteiger charge is -2.11. The first kappa shape index (κ1) is 16.5. The Morgan fingerprint density at radius 1 is 1.28 bits per heavy atom. The zero-order valence-corrected chi connectivity index (χ0v) is 15.7. The van der Waals surface area contributed by atoms with Gasteiger partial charge in [-0.25, -0.2) is 9.97 Å². The number of carbonyl (C=O) groups excluding carboxylic acids is 1. The fourth-order valence-corrected chi connectivity index (χ4v) is 5.34. The molecule has 4 nitrogen and oxygen atoms in total. The number of carbonyl (C=O) groups is 1. The Labute approximate surface area is 155 Å². The van der Waals surface area contributed by atoms with Crippen LogP contribution in [0, 0.1) is 6.92 Å². The molecule has 0 saturated heterocycles. The van der Waals surface area contributed by atoms with Crippen molar-refractivity contribution in [3.8, 4) is 0 Å². The Kier molecular flexibility index (Phi) is 4.72. The van der Waals surface area contributed by atoms with Crippen molar-refractivity contribution in [2.45, 2.75) is 37.6 Å². The van der Waals surface area contributed by atoms with Crippen molar-refractivity contribution >= 4 is 44.9 Å². The molecule has 2 heterocycles. The number of nitrogens with one attached hydrogen (secondary N) is 1. The SMILES string of the molecule is Cc1cccc(NC(=O)CSc2ncnc3sc4c(c23)CCCC4)c1. The van der Waals surface area contributed by atoms with E-state index in [1.54, 1.807) is 17.7 Å². The maximum absolute atomic E-state index is 12.3. The second-order valence-corrected chi connectivity index (χ2v) is 8.32. The lowest BCUT2D eigenvalue weighted by Crippen LogP contribution is -2.14. The smallest absolute Gasteiger partial charge is 0.234 e. The minimum absolute atomic E-state index is 0.00791. The van der Waals surface area contributed by atoms with Gasteiger partial charge in [0.25, 0.3) is 0 Å². The van der Waals surface area contributed by atoms with Gasteiger partial charge in [0.2, 0.25) is 5.91 Å². The molecule has 128 valence electrons. The number of amides is 1. The number of aryl methyl sites for hydroxylation is 3. The molecule has 1 aliphatic carbocycles. The third-order valence-electron chi connectivity index (χ3n) is 4.36. The van der Waals surface area contributed by atoms with Crippen LogP contribution in [0.4, 0.5) is 5.69 Å². The number of anilines is 1. The summed E-state index contributed by atoms with van der Waals surface area (Å²) in [6, 6.07) is 7.85. The molecule has 25 heavy (non-hydrogen) atoms. The van der Waals surface area contributed by atoms with Crippen LogP contribution >= 0.6 is 23.1 Å². The standard InChI is InChI=1S/C19H19N3OS2/c1-12-5-4-6-13(9-12)22-16(23)10-24-18-17-14-7-2-3-8-15(14)25-19(17)21-11-20-18/h4-6,9,11H,2-3,7-8,10H2,1H3,(H,22,23). The molecule has 0 bridgehead atoms. The summed E-state index contributed by atoms with van der Waals surface area (Å²) in [5, 5.41) is 5.07. The summed E-state index contributed by atoms with van der Waals surface area (Å²) in [4.78, 5) is 23.7. The van der Waals surface area contributed by atoms with Gasteiger partial charge in [-0.2, -0.15) is 0 Å². The number of hydrogen-bond donors (Lipinski definition) is 1. The van der Waals surface area contributed by atoms with Crippen LogP contribution in [-0.4, -0.2) is 21.6 Å². The van der Waals surface area contributed by atoms with Crippen molar-refractivity contribution in [1.82, 2.24) is 9.97 Å². The molecule has 0 atom stereocenters. The van der Waals surface area contributed by atoms with Gasteiger partial charge in [0.1, 0.15) is 16.2 Å². The number of rotatable bonds is 4. The molecule has 0 spiro atoms. The highest BCUT2D eigenvalue weighted by molar-refractivity contribution is 8.00. The van der Waals surface area contributed by atoms with Crippen molar-refractivity contribution in [2.24, 2.45) is 0 Å². The zero-order chi connectivity index (χ0) is 17.2. The normalized spacial score (nSPS) is 13.6. The van der Waals surface area contributed by atoms with Crippen molar-refractivity contribution in [2.75, 3.05) is 11.1 Å². The number of hydrogen-bond acceptors (Lipinski definition) is 5. The summed E-state index contributed by atoms with van der Waals surface area (Å²) in [7, 11) is 0. The van der Waals surface area contributed by atoms with Crippen LogP contribution in [0.1, 0.15) is 28.8 Å². The van der Waals surface area contributed by atoms with E-state index in [9.17, 15) is 4.79 Å². The van der Waals surface area contributed by atoms with E-state index in [1.807, 2.05) is 31.2 Å². The Hall–Kier alpha value is -1.92. The molecule has 2 aromatic heterocycles. The molecule has 1 aliphatic rings. The molecule has 1 amide bonds. The number of nitrogens with zero attached hydrogens (tertiary/aromatic N) is 2. The molecule has 1 aromatic carbocycles. The minimum atomic E-state index is -0.00791. The maximum Gasteiger partial charge on any atom is 0.234 e. The highest BCUT2D eigenvalue weighted by Crippen LogP contribution is 2.39. The van der Waals surface area contributed by atoms with Crippen LogP contribution in [0.2, 0.25) is 0 Å². The average Bonchev–Trinajstić information content (AvgIpc) is 2.99. The maximum atomic E-state index is 12.3. The van der Waals surface area contributed by atoms with Crippen molar-refractivity contribution < 1.29 is 4.79 Å². The fourth-order valence-electron chi connectivity index (χ4n) is 3.22. The van der Waals surface area contributed by atoms with E-state index in [0.717, 1.165) is 33.9 Å². The lowest BCUT2D eigenvalue weighted by molar-refractivity contribution is -0.113. The number of benzene rings is 1.